The summed E-state index contributed by atoms with van der Waals surface area (Å²) in [7, 11) is 1.61. The number of hydrogen-bond donors (Lipinski definition) is 0. The molecule has 2 aromatic heterocycles. The van der Waals surface area contributed by atoms with Crippen LogP contribution in [0.1, 0.15) is 35.9 Å². The Morgan fingerprint density at radius 3 is 2.68 bits per heavy atom. The van der Waals surface area contributed by atoms with Gasteiger partial charge in [-0.05, 0) is 50.1 Å². The van der Waals surface area contributed by atoms with Crippen molar-refractivity contribution in [2.24, 2.45) is 0 Å². The zero-order valence-electron chi connectivity index (χ0n) is 17.5. The molecule has 0 amide bonds. The SMILES string of the molecule is CCOc1ccc(-c2nc(COC(=O)c3ccc(N4CCCC4)nn3)cs2)cc1OC. The van der Waals surface area contributed by atoms with E-state index in [1.165, 1.54) is 11.3 Å². The third-order valence-corrected chi connectivity index (χ3v) is 5.84. The number of ether oxygens (including phenoxy) is 3. The molecule has 162 valence electrons. The number of hydrogen-bond acceptors (Lipinski definition) is 9. The second-order valence-corrected chi connectivity index (χ2v) is 7.85. The van der Waals surface area contributed by atoms with Crippen LogP contribution < -0.4 is 14.4 Å². The third-order valence-electron chi connectivity index (χ3n) is 4.90. The largest absolute Gasteiger partial charge is 0.493 e. The maximum Gasteiger partial charge on any atom is 0.359 e. The van der Waals surface area contributed by atoms with Crippen LogP contribution in [0, 0.1) is 0 Å². The number of benzene rings is 1. The zero-order chi connectivity index (χ0) is 21.6. The van der Waals surface area contributed by atoms with Gasteiger partial charge in [-0.1, -0.05) is 0 Å². The maximum absolute atomic E-state index is 12.3. The van der Waals surface area contributed by atoms with E-state index in [-0.39, 0.29) is 12.3 Å². The number of aromatic nitrogens is 3. The van der Waals surface area contributed by atoms with Gasteiger partial charge in [0.05, 0.1) is 19.4 Å². The zero-order valence-corrected chi connectivity index (χ0v) is 18.4. The molecule has 0 radical (unpaired) electrons. The quantitative estimate of drug-likeness (QED) is 0.487. The Labute approximate surface area is 184 Å². The average Bonchev–Trinajstić information content (AvgIpc) is 3.51. The third kappa shape index (κ3) is 4.93. The number of carbonyl (C=O) groups is 1. The Hall–Kier alpha value is -3.20. The van der Waals surface area contributed by atoms with Crippen molar-refractivity contribution in [1.82, 2.24) is 15.2 Å². The highest BCUT2D eigenvalue weighted by molar-refractivity contribution is 7.13. The lowest BCUT2D eigenvalue weighted by atomic mass is 10.2. The van der Waals surface area contributed by atoms with Crippen LogP contribution >= 0.6 is 11.3 Å². The highest BCUT2D eigenvalue weighted by atomic mass is 32.1. The van der Waals surface area contributed by atoms with E-state index in [9.17, 15) is 4.79 Å². The van der Waals surface area contributed by atoms with Gasteiger partial charge < -0.3 is 19.1 Å². The van der Waals surface area contributed by atoms with Gasteiger partial charge in [0, 0.05) is 24.0 Å². The van der Waals surface area contributed by atoms with Crippen molar-refractivity contribution in [3.63, 3.8) is 0 Å². The molecule has 8 nitrogen and oxygen atoms in total. The molecule has 1 aromatic carbocycles. The van der Waals surface area contributed by atoms with Crippen LogP contribution in [0.5, 0.6) is 11.5 Å². The molecule has 0 N–H and O–H groups in total. The average molecular weight is 441 g/mol. The molecule has 0 bridgehead atoms. The summed E-state index contributed by atoms with van der Waals surface area (Å²) in [6.45, 7) is 4.51. The second-order valence-electron chi connectivity index (χ2n) is 6.99. The number of nitrogens with zero attached hydrogens (tertiary/aromatic N) is 4. The molecule has 0 saturated carbocycles. The van der Waals surface area contributed by atoms with Gasteiger partial charge in [-0.3, -0.25) is 0 Å². The van der Waals surface area contributed by atoms with E-state index in [0.29, 0.717) is 23.8 Å². The fourth-order valence-corrected chi connectivity index (χ4v) is 4.15. The maximum atomic E-state index is 12.3. The molecule has 9 heteroatoms. The molecule has 3 heterocycles. The van der Waals surface area contributed by atoms with E-state index in [2.05, 4.69) is 20.1 Å². The first-order valence-corrected chi connectivity index (χ1v) is 11.1. The second kappa shape index (κ2) is 9.74. The predicted molar refractivity (Wildman–Crippen MR) is 118 cm³/mol. The van der Waals surface area contributed by atoms with Crippen LogP contribution in [0.15, 0.2) is 35.7 Å². The first-order valence-electron chi connectivity index (χ1n) is 10.2. The smallest absolute Gasteiger partial charge is 0.359 e. The molecule has 0 unspecified atom stereocenters. The van der Waals surface area contributed by atoms with Crippen molar-refractivity contribution < 1.29 is 19.0 Å². The van der Waals surface area contributed by atoms with Crippen LogP contribution in [-0.4, -0.2) is 48.0 Å². The van der Waals surface area contributed by atoms with Crippen molar-refractivity contribution in [2.45, 2.75) is 26.4 Å². The minimum absolute atomic E-state index is 0.0685. The lowest BCUT2D eigenvalue weighted by molar-refractivity contribution is 0.0460. The van der Waals surface area contributed by atoms with E-state index in [0.717, 1.165) is 42.3 Å². The van der Waals surface area contributed by atoms with E-state index in [1.807, 2.05) is 36.6 Å². The molecule has 1 fully saturated rings. The van der Waals surface area contributed by atoms with Gasteiger partial charge in [0.15, 0.2) is 23.0 Å². The number of rotatable bonds is 8. The Morgan fingerprint density at radius 2 is 1.97 bits per heavy atom. The Morgan fingerprint density at radius 1 is 1.13 bits per heavy atom. The number of esters is 1. The van der Waals surface area contributed by atoms with E-state index in [1.54, 1.807) is 13.2 Å². The van der Waals surface area contributed by atoms with Crippen molar-refractivity contribution in [3.8, 4) is 22.1 Å². The molecule has 1 aliphatic rings. The monoisotopic (exact) mass is 440 g/mol. The highest BCUT2D eigenvalue weighted by Crippen LogP contribution is 2.34. The van der Waals surface area contributed by atoms with Crippen molar-refractivity contribution in [1.29, 1.82) is 0 Å². The number of methoxy groups -OCH3 is 1. The van der Waals surface area contributed by atoms with Crippen molar-refractivity contribution in [2.75, 3.05) is 31.7 Å². The predicted octanol–water partition coefficient (Wildman–Crippen LogP) is 3.96. The number of anilines is 1. The fraction of sp³-hybridized carbons (Fsp3) is 0.364. The molecule has 1 saturated heterocycles. The van der Waals surface area contributed by atoms with Gasteiger partial charge in [-0.15, -0.1) is 21.5 Å². The van der Waals surface area contributed by atoms with E-state index >= 15 is 0 Å². The summed E-state index contributed by atoms with van der Waals surface area (Å²) in [5.41, 5.74) is 1.77. The fourth-order valence-electron chi connectivity index (χ4n) is 3.34. The van der Waals surface area contributed by atoms with Crippen molar-refractivity contribution in [3.05, 3.63) is 47.1 Å². The van der Waals surface area contributed by atoms with Gasteiger partial charge in [0.2, 0.25) is 0 Å². The minimum Gasteiger partial charge on any atom is -0.493 e. The first kappa shape index (κ1) is 21.0. The summed E-state index contributed by atoms with van der Waals surface area (Å²) in [6, 6.07) is 9.15. The Kier molecular flexibility index (Phi) is 6.61. The molecule has 1 aliphatic heterocycles. The molecule has 4 rings (SSSR count). The molecular weight excluding hydrogens is 416 g/mol. The summed E-state index contributed by atoms with van der Waals surface area (Å²) < 4.78 is 16.3. The summed E-state index contributed by atoms with van der Waals surface area (Å²) in [4.78, 5) is 19.0. The van der Waals surface area contributed by atoms with Gasteiger partial charge in [0.25, 0.3) is 0 Å². The standard InChI is InChI=1S/C22H24N4O4S/c1-3-29-18-8-6-15(12-19(18)28-2)21-23-16(14-31-21)13-30-22(27)17-7-9-20(25-24-17)26-10-4-5-11-26/h6-9,12,14H,3-5,10-11,13H2,1-2H3. The normalized spacial score (nSPS) is 13.3. The van der Waals surface area contributed by atoms with Gasteiger partial charge in [0.1, 0.15) is 11.6 Å². The Bertz CT molecular complexity index is 1030. The highest BCUT2D eigenvalue weighted by Gasteiger charge is 2.17. The number of carbonyl (C=O) groups excluding carboxylic acids is 1. The number of thiazole rings is 1. The molecule has 31 heavy (non-hydrogen) atoms. The van der Waals surface area contributed by atoms with Crippen LogP contribution in [0.4, 0.5) is 5.82 Å². The summed E-state index contributed by atoms with van der Waals surface area (Å²) in [5, 5.41) is 10.9. The summed E-state index contributed by atoms with van der Waals surface area (Å²) in [5.74, 6) is 1.62. The van der Waals surface area contributed by atoms with Crippen molar-refractivity contribution >= 4 is 23.1 Å². The van der Waals surface area contributed by atoms with Gasteiger partial charge >= 0.3 is 5.97 Å². The minimum atomic E-state index is -0.516. The molecule has 0 atom stereocenters. The lowest BCUT2D eigenvalue weighted by Crippen LogP contribution is -2.20. The van der Waals surface area contributed by atoms with E-state index < -0.39 is 5.97 Å². The van der Waals surface area contributed by atoms with Gasteiger partial charge in [-0.2, -0.15) is 0 Å². The molecule has 3 aromatic rings. The molecule has 0 aliphatic carbocycles. The van der Waals surface area contributed by atoms with E-state index in [4.69, 9.17) is 14.2 Å². The van der Waals surface area contributed by atoms with Crippen LogP contribution in [0.2, 0.25) is 0 Å². The Balaban J connectivity index is 1.37. The first-order chi connectivity index (χ1) is 15.2. The van der Waals surface area contributed by atoms with Crippen LogP contribution in [0.3, 0.4) is 0 Å². The topological polar surface area (TPSA) is 86.7 Å². The van der Waals surface area contributed by atoms with Crippen LogP contribution in [0.25, 0.3) is 10.6 Å². The molecular formula is C22H24N4O4S. The summed E-state index contributed by atoms with van der Waals surface area (Å²) in [6.07, 6.45) is 2.31. The van der Waals surface area contributed by atoms with Crippen LogP contribution in [-0.2, 0) is 11.3 Å². The molecule has 0 spiro atoms. The lowest BCUT2D eigenvalue weighted by Gasteiger charge is -2.14. The van der Waals surface area contributed by atoms with Gasteiger partial charge in [-0.25, -0.2) is 9.78 Å². The summed E-state index contributed by atoms with van der Waals surface area (Å²) >= 11 is 1.47.